The van der Waals surface area contributed by atoms with Gasteiger partial charge in [0.1, 0.15) is 18.6 Å². The fraction of sp³-hybridized carbons (Fsp3) is 0.235. The van der Waals surface area contributed by atoms with Gasteiger partial charge in [0.05, 0.1) is 0 Å². The first kappa shape index (κ1) is 13.3. The minimum absolute atomic E-state index is 0.456. The van der Waals surface area contributed by atoms with Crippen molar-refractivity contribution in [2.24, 2.45) is 0 Å². The van der Waals surface area contributed by atoms with Crippen LogP contribution in [0.4, 0.5) is 0 Å². The smallest absolute Gasteiger partial charge is 0.124 e. The fourth-order valence-corrected chi connectivity index (χ4v) is 2.14. The summed E-state index contributed by atoms with van der Waals surface area (Å²) in [6.07, 6.45) is 1.36. The second-order valence-electron chi connectivity index (χ2n) is 4.80. The van der Waals surface area contributed by atoms with E-state index >= 15 is 0 Å². The van der Waals surface area contributed by atoms with Gasteiger partial charge < -0.3 is 9.53 Å². The topological polar surface area (TPSA) is 26.3 Å². The molecule has 0 N–H and O–H groups in total. The van der Waals surface area contributed by atoms with Crippen molar-refractivity contribution in [3.8, 4) is 5.75 Å². The fourth-order valence-electron chi connectivity index (χ4n) is 2.14. The predicted molar refractivity (Wildman–Crippen MR) is 76.5 cm³/mol. The van der Waals surface area contributed by atoms with Crippen LogP contribution in [-0.4, -0.2) is 6.29 Å². The Balaban J connectivity index is 1.99. The molecule has 0 spiro atoms. The Morgan fingerprint density at radius 2 is 1.58 bits per heavy atom. The third kappa shape index (κ3) is 3.95. The Morgan fingerprint density at radius 1 is 0.947 bits per heavy atom. The Hall–Kier alpha value is -2.09. The van der Waals surface area contributed by atoms with E-state index in [1.54, 1.807) is 0 Å². The van der Waals surface area contributed by atoms with Crippen molar-refractivity contribution >= 4 is 6.29 Å². The van der Waals surface area contributed by atoms with Crippen molar-refractivity contribution in [3.63, 3.8) is 0 Å². The molecular formula is C17H18O2. The van der Waals surface area contributed by atoms with Gasteiger partial charge in [0.25, 0.3) is 0 Å². The molecule has 98 valence electrons. The van der Waals surface area contributed by atoms with Crippen LogP contribution in [0.1, 0.15) is 22.3 Å². The molecule has 0 radical (unpaired) electrons. The molecule has 19 heavy (non-hydrogen) atoms. The highest BCUT2D eigenvalue weighted by molar-refractivity contribution is 5.55. The maximum atomic E-state index is 10.4. The number of rotatable bonds is 5. The van der Waals surface area contributed by atoms with Gasteiger partial charge in [-0.05, 0) is 37.1 Å². The molecule has 2 heteroatoms. The van der Waals surface area contributed by atoms with E-state index in [2.05, 4.69) is 32.0 Å². The molecule has 0 unspecified atom stereocenters. The van der Waals surface area contributed by atoms with Gasteiger partial charge in [0.2, 0.25) is 0 Å². The Bertz CT molecular complexity index is 536. The molecule has 0 amide bonds. The largest absolute Gasteiger partial charge is 0.489 e. The number of aldehydes is 1. The van der Waals surface area contributed by atoms with Gasteiger partial charge in [-0.3, -0.25) is 0 Å². The number of hydrogen-bond donors (Lipinski definition) is 0. The van der Waals surface area contributed by atoms with E-state index in [-0.39, 0.29) is 0 Å². The highest BCUT2D eigenvalue weighted by Crippen LogP contribution is 2.15. The van der Waals surface area contributed by atoms with Crippen LogP contribution < -0.4 is 4.74 Å². The van der Waals surface area contributed by atoms with Crippen LogP contribution in [0.2, 0.25) is 0 Å². The van der Waals surface area contributed by atoms with Gasteiger partial charge in [0, 0.05) is 6.42 Å². The molecule has 0 atom stereocenters. The number of carbonyl (C=O) groups excluding carboxylic acids is 1. The third-order valence-electron chi connectivity index (χ3n) is 2.93. The van der Waals surface area contributed by atoms with Gasteiger partial charge >= 0.3 is 0 Å². The maximum absolute atomic E-state index is 10.4. The van der Waals surface area contributed by atoms with Crippen LogP contribution in [0.5, 0.6) is 5.75 Å². The van der Waals surface area contributed by atoms with Gasteiger partial charge in [-0.15, -0.1) is 0 Å². The van der Waals surface area contributed by atoms with Gasteiger partial charge in [-0.25, -0.2) is 0 Å². The number of ether oxygens (including phenoxy) is 1. The molecule has 0 bridgehead atoms. The van der Waals surface area contributed by atoms with E-state index in [9.17, 15) is 4.79 Å². The molecule has 0 aliphatic rings. The summed E-state index contributed by atoms with van der Waals surface area (Å²) in [6, 6.07) is 14.1. The summed E-state index contributed by atoms with van der Waals surface area (Å²) in [6.45, 7) is 4.74. The van der Waals surface area contributed by atoms with Crippen LogP contribution in [-0.2, 0) is 17.8 Å². The van der Waals surface area contributed by atoms with Crippen molar-refractivity contribution in [2.75, 3.05) is 0 Å². The van der Waals surface area contributed by atoms with E-state index in [0.29, 0.717) is 13.0 Å². The molecule has 2 aromatic carbocycles. The summed E-state index contributed by atoms with van der Waals surface area (Å²) in [7, 11) is 0. The Morgan fingerprint density at radius 3 is 2.16 bits per heavy atom. The van der Waals surface area contributed by atoms with E-state index in [0.717, 1.165) is 17.6 Å². The minimum atomic E-state index is 0.456. The summed E-state index contributed by atoms with van der Waals surface area (Å²) in [5.41, 5.74) is 4.68. The Labute approximate surface area is 114 Å². The van der Waals surface area contributed by atoms with Crippen LogP contribution in [0.3, 0.4) is 0 Å². The molecule has 2 nitrogen and oxygen atoms in total. The highest BCUT2D eigenvalue weighted by Gasteiger charge is 1.99. The second-order valence-corrected chi connectivity index (χ2v) is 4.80. The first-order chi connectivity index (χ1) is 9.17. The van der Waals surface area contributed by atoms with E-state index in [4.69, 9.17) is 4.74 Å². The van der Waals surface area contributed by atoms with Crippen molar-refractivity contribution < 1.29 is 9.53 Å². The molecule has 0 aliphatic carbocycles. The SMILES string of the molecule is Cc1cc(C)cc(COc2ccc(CC=O)cc2)c1. The van der Waals surface area contributed by atoms with Crippen molar-refractivity contribution in [3.05, 3.63) is 64.7 Å². The molecule has 0 saturated heterocycles. The van der Waals surface area contributed by atoms with Crippen LogP contribution in [0, 0.1) is 13.8 Å². The van der Waals surface area contributed by atoms with Crippen LogP contribution in [0.25, 0.3) is 0 Å². The van der Waals surface area contributed by atoms with Gasteiger partial charge in [-0.1, -0.05) is 41.5 Å². The zero-order chi connectivity index (χ0) is 13.7. The number of carbonyl (C=O) groups is 1. The first-order valence-electron chi connectivity index (χ1n) is 6.40. The standard InChI is InChI=1S/C17H18O2/c1-13-9-14(2)11-16(10-13)12-19-17-5-3-15(4-6-17)7-8-18/h3-6,8-11H,7,12H2,1-2H3. The molecule has 0 aromatic heterocycles. The average Bonchev–Trinajstić information content (AvgIpc) is 2.37. The highest BCUT2D eigenvalue weighted by atomic mass is 16.5. The molecule has 0 saturated carbocycles. The normalized spacial score (nSPS) is 10.2. The number of benzene rings is 2. The van der Waals surface area contributed by atoms with Crippen LogP contribution >= 0.6 is 0 Å². The summed E-state index contributed by atoms with van der Waals surface area (Å²) in [4.78, 5) is 10.4. The van der Waals surface area contributed by atoms with Gasteiger partial charge in [0.15, 0.2) is 0 Å². The monoisotopic (exact) mass is 254 g/mol. The minimum Gasteiger partial charge on any atom is -0.489 e. The lowest BCUT2D eigenvalue weighted by molar-refractivity contribution is -0.107. The molecule has 0 heterocycles. The maximum Gasteiger partial charge on any atom is 0.124 e. The summed E-state index contributed by atoms with van der Waals surface area (Å²) >= 11 is 0. The Kier molecular flexibility index (Phi) is 4.35. The predicted octanol–water partition coefficient (Wildman–Crippen LogP) is 3.62. The zero-order valence-electron chi connectivity index (χ0n) is 11.3. The van der Waals surface area contributed by atoms with Crippen LogP contribution in [0.15, 0.2) is 42.5 Å². The summed E-state index contributed by atoms with van der Waals surface area (Å²) in [5, 5.41) is 0. The molecule has 2 aromatic rings. The first-order valence-corrected chi connectivity index (χ1v) is 6.40. The number of hydrogen-bond acceptors (Lipinski definition) is 2. The zero-order valence-corrected chi connectivity index (χ0v) is 11.3. The molecule has 0 fully saturated rings. The number of aryl methyl sites for hydroxylation is 2. The third-order valence-corrected chi connectivity index (χ3v) is 2.93. The molecule has 0 aliphatic heterocycles. The van der Waals surface area contributed by atoms with Crippen molar-refractivity contribution in [1.29, 1.82) is 0 Å². The summed E-state index contributed by atoms with van der Waals surface area (Å²) < 4.78 is 5.75. The molecule has 2 rings (SSSR count). The van der Waals surface area contributed by atoms with E-state index < -0.39 is 0 Å². The summed E-state index contributed by atoms with van der Waals surface area (Å²) in [5.74, 6) is 0.828. The lowest BCUT2D eigenvalue weighted by Gasteiger charge is -2.08. The molecular weight excluding hydrogens is 236 g/mol. The van der Waals surface area contributed by atoms with E-state index in [1.807, 2.05) is 24.3 Å². The van der Waals surface area contributed by atoms with Crippen molar-refractivity contribution in [2.45, 2.75) is 26.9 Å². The van der Waals surface area contributed by atoms with E-state index in [1.165, 1.54) is 16.7 Å². The lowest BCUT2D eigenvalue weighted by atomic mass is 10.1. The van der Waals surface area contributed by atoms with Gasteiger partial charge in [-0.2, -0.15) is 0 Å². The second kappa shape index (κ2) is 6.19. The average molecular weight is 254 g/mol. The quantitative estimate of drug-likeness (QED) is 0.762. The lowest BCUT2D eigenvalue weighted by Crippen LogP contribution is -1.97. The van der Waals surface area contributed by atoms with Crippen molar-refractivity contribution in [1.82, 2.24) is 0 Å².